The second-order valence-electron chi connectivity index (χ2n) is 6.51. The molecule has 1 aromatic heterocycles. The van der Waals surface area contributed by atoms with E-state index in [0.717, 1.165) is 38.9 Å². The second-order valence-corrected chi connectivity index (χ2v) is 6.51. The van der Waals surface area contributed by atoms with E-state index < -0.39 is 0 Å². The highest BCUT2D eigenvalue weighted by atomic mass is 16.5. The number of fused-ring (bicyclic) bond motifs is 2. The van der Waals surface area contributed by atoms with Crippen LogP contribution in [0.4, 0.5) is 5.69 Å². The minimum Gasteiger partial charge on any atom is -0.479 e. The normalized spacial score (nSPS) is 14.6. The Morgan fingerprint density at radius 1 is 0.889 bits per heavy atom. The van der Waals surface area contributed by atoms with Crippen molar-refractivity contribution in [3.63, 3.8) is 0 Å². The smallest absolute Gasteiger partial charge is 0.310 e. The Balaban J connectivity index is 1.63. The molecule has 3 aromatic carbocycles. The van der Waals surface area contributed by atoms with Gasteiger partial charge in [0, 0.05) is 22.4 Å². The quantitative estimate of drug-likeness (QED) is 0.492. The van der Waals surface area contributed by atoms with E-state index >= 15 is 0 Å². The van der Waals surface area contributed by atoms with Gasteiger partial charge < -0.3 is 9.52 Å². The van der Waals surface area contributed by atoms with E-state index in [1.807, 2.05) is 79.7 Å². The number of hydrogen-bond acceptors (Lipinski definition) is 4. The fourth-order valence-corrected chi connectivity index (χ4v) is 3.50. The summed E-state index contributed by atoms with van der Waals surface area (Å²) in [5.74, 6) is 0.208. The largest absolute Gasteiger partial charge is 0.479 e. The molecule has 27 heavy (non-hydrogen) atoms. The molecule has 0 aliphatic carbocycles. The van der Waals surface area contributed by atoms with Crippen molar-refractivity contribution in [3.05, 3.63) is 78.0 Å². The summed E-state index contributed by atoms with van der Waals surface area (Å²) in [6.07, 6.45) is 1.83. The van der Waals surface area contributed by atoms with Gasteiger partial charge in [0.05, 0.1) is 5.69 Å². The van der Waals surface area contributed by atoms with Crippen molar-refractivity contribution in [3.8, 4) is 17.4 Å². The number of hydrogen-bond donors (Lipinski definition) is 1. The zero-order valence-corrected chi connectivity index (χ0v) is 14.7. The lowest BCUT2D eigenvalue weighted by Crippen LogP contribution is -1.90. The maximum absolute atomic E-state index is 10.3. The number of aromatic nitrogens is 1. The number of aromatic hydroxyl groups is 1. The molecule has 0 amide bonds. The zero-order valence-electron chi connectivity index (χ0n) is 14.7. The third kappa shape index (κ3) is 2.54. The van der Waals surface area contributed by atoms with Gasteiger partial charge in [-0.15, -0.1) is 0 Å². The van der Waals surface area contributed by atoms with Crippen LogP contribution in [0.5, 0.6) is 5.95 Å². The van der Waals surface area contributed by atoms with Gasteiger partial charge in [-0.25, -0.2) is 4.98 Å². The first-order valence-corrected chi connectivity index (χ1v) is 8.75. The number of rotatable bonds is 2. The summed E-state index contributed by atoms with van der Waals surface area (Å²) in [6.45, 7) is 1.95. The molecule has 1 N–H and O–H groups in total. The number of aliphatic imine (C=N–C) groups is 1. The fourth-order valence-electron chi connectivity index (χ4n) is 3.50. The Kier molecular flexibility index (Phi) is 3.44. The van der Waals surface area contributed by atoms with Crippen molar-refractivity contribution in [1.29, 1.82) is 0 Å². The molecule has 130 valence electrons. The number of para-hydroxylation sites is 1. The van der Waals surface area contributed by atoms with Crippen molar-refractivity contribution in [1.82, 2.24) is 4.98 Å². The van der Waals surface area contributed by atoms with Gasteiger partial charge in [-0.2, -0.15) is 0 Å². The van der Waals surface area contributed by atoms with E-state index in [1.54, 1.807) is 0 Å². The van der Waals surface area contributed by atoms with Gasteiger partial charge >= 0.3 is 5.95 Å². The summed E-state index contributed by atoms with van der Waals surface area (Å²) in [6, 6.07) is 21.9. The van der Waals surface area contributed by atoms with Crippen LogP contribution >= 0.6 is 0 Å². The summed E-state index contributed by atoms with van der Waals surface area (Å²) in [7, 11) is 0. The van der Waals surface area contributed by atoms with Gasteiger partial charge in [0.25, 0.3) is 0 Å². The van der Waals surface area contributed by atoms with E-state index in [4.69, 9.17) is 4.42 Å². The highest BCUT2D eigenvalue weighted by molar-refractivity contribution is 6.31. The van der Waals surface area contributed by atoms with E-state index in [9.17, 15) is 5.11 Å². The monoisotopic (exact) mass is 352 g/mol. The topological polar surface area (TPSA) is 58.6 Å². The van der Waals surface area contributed by atoms with Crippen LogP contribution in [0.3, 0.4) is 0 Å². The number of oxazole rings is 1. The molecule has 0 atom stereocenters. The standard InChI is InChI=1S/C23H16N2O2/c1-14-19(17-10-4-5-12-20(17)24-14)13-21-23(26)27-22(25-21)18-11-6-8-15-7-2-3-9-16(15)18/h2-13,26H,1H3. The third-order valence-corrected chi connectivity index (χ3v) is 4.81. The predicted octanol–water partition coefficient (Wildman–Crippen LogP) is 5.85. The summed E-state index contributed by atoms with van der Waals surface area (Å²) in [5.41, 5.74) is 5.05. The molecule has 5 rings (SSSR count). The Bertz CT molecular complexity index is 1240. The summed E-state index contributed by atoms with van der Waals surface area (Å²) >= 11 is 0. The average molecular weight is 352 g/mol. The maximum Gasteiger partial charge on any atom is 0.310 e. The molecule has 1 aliphatic rings. The SMILES string of the molecule is CC1=Nc2ccccc2C1=Cc1nc(-c2cccc3ccccc23)oc1O. The molecule has 0 fully saturated rings. The average Bonchev–Trinajstić information content (AvgIpc) is 3.21. The molecule has 0 bridgehead atoms. The van der Waals surface area contributed by atoms with Crippen LogP contribution in [-0.2, 0) is 0 Å². The van der Waals surface area contributed by atoms with E-state index in [2.05, 4.69) is 9.98 Å². The van der Waals surface area contributed by atoms with Crippen LogP contribution in [-0.4, -0.2) is 15.8 Å². The van der Waals surface area contributed by atoms with Gasteiger partial charge in [0.1, 0.15) is 5.69 Å². The van der Waals surface area contributed by atoms with Gasteiger partial charge in [-0.05, 0) is 35.9 Å². The minimum absolute atomic E-state index is 0.192. The molecule has 1 aliphatic heterocycles. The Morgan fingerprint density at radius 3 is 2.56 bits per heavy atom. The third-order valence-electron chi connectivity index (χ3n) is 4.81. The van der Waals surface area contributed by atoms with Crippen LogP contribution < -0.4 is 0 Å². The van der Waals surface area contributed by atoms with Crippen LogP contribution in [0.15, 0.2) is 76.1 Å². The lowest BCUT2D eigenvalue weighted by Gasteiger charge is -2.02. The van der Waals surface area contributed by atoms with Crippen LogP contribution in [0.1, 0.15) is 18.2 Å². The molecular weight excluding hydrogens is 336 g/mol. The molecule has 0 saturated carbocycles. The summed E-state index contributed by atoms with van der Waals surface area (Å²) in [5, 5.41) is 12.5. The van der Waals surface area contributed by atoms with Crippen molar-refractivity contribution < 1.29 is 9.52 Å². The molecule has 0 saturated heterocycles. The predicted molar refractivity (Wildman–Crippen MR) is 108 cm³/mol. The molecular formula is C23H16N2O2. The van der Waals surface area contributed by atoms with E-state index in [-0.39, 0.29) is 5.95 Å². The molecule has 0 radical (unpaired) electrons. The number of benzene rings is 3. The van der Waals surface area contributed by atoms with Crippen LogP contribution in [0.2, 0.25) is 0 Å². The summed E-state index contributed by atoms with van der Waals surface area (Å²) in [4.78, 5) is 9.13. The Hall–Kier alpha value is -3.66. The highest BCUT2D eigenvalue weighted by Gasteiger charge is 2.20. The molecule has 4 aromatic rings. The summed E-state index contributed by atoms with van der Waals surface area (Å²) < 4.78 is 5.60. The second kappa shape index (κ2) is 5.95. The Labute approximate surface area is 156 Å². The van der Waals surface area contributed by atoms with Crippen molar-refractivity contribution in [2.75, 3.05) is 0 Å². The molecule has 4 nitrogen and oxygen atoms in total. The van der Waals surface area contributed by atoms with Crippen LogP contribution in [0, 0.1) is 0 Å². The molecule has 2 heterocycles. The molecule has 4 heteroatoms. The van der Waals surface area contributed by atoms with Gasteiger partial charge in [-0.1, -0.05) is 54.6 Å². The van der Waals surface area contributed by atoms with Gasteiger partial charge in [0.15, 0.2) is 0 Å². The minimum atomic E-state index is -0.192. The maximum atomic E-state index is 10.3. The first-order valence-electron chi connectivity index (χ1n) is 8.75. The number of allylic oxidation sites excluding steroid dienone is 1. The van der Waals surface area contributed by atoms with E-state index in [1.165, 1.54) is 0 Å². The zero-order chi connectivity index (χ0) is 18.4. The van der Waals surface area contributed by atoms with Crippen molar-refractivity contribution in [2.24, 2.45) is 4.99 Å². The Morgan fingerprint density at radius 2 is 1.63 bits per heavy atom. The first-order chi connectivity index (χ1) is 13.2. The lowest BCUT2D eigenvalue weighted by molar-refractivity contribution is 0.336. The van der Waals surface area contributed by atoms with Gasteiger partial charge in [0.2, 0.25) is 5.89 Å². The van der Waals surface area contributed by atoms with Gasteiger partial charge in [-0.3, -0.25) is 4.99 Å². The van der Waals surface area contributed by atoms with E-state index in [0.29, 0.717) is 11.6 Å². The van der Waals surface area contributed by atoms with Crippen molar-refractivity contribution >= 4 is 33.8 Å². The van der Waals surface area contributed by atoms with Crippen LogP contribution in [0.25, 0.3) is 33.9 Å². The fraction of sp³-hybridized carbons (Fsp3) is 0.0435. The first kappa shape index (κ1) is 15.6. The number of nitrogens with zero attached hydrogens (tertiary/aromatic N) is 2. The molecule has 0 spiro atoms. The lowest BCUT2D eigenvalue weighted by atomic mass is 10.0. The molecule has 0 unspecified atom stereocenters. The highest BCUT2D eigenvalue weighted by Crippen LogP contribution is 2.38. The van der Waals surface area contributed by atoms with Crippen molar-refractivity contribution in [2.45, 2.75) is 6.92 Å².